The molecule has 1 aromatic rings. The minimum atomic E-state index is -1.06. The first kappa shape index (κ1) is 16.6. The number of hydrogen-bond acceptors (Lipinski definition) is 3. The molecule has 0 aromatic heterocycles. The first-order chi connectivity index (χ1) is 9.01. The highest BCUT2D eigenvalue weighted by atomic mass is 16.4. The zero-order valence-corrected chi connectivity index (χ0v) is 10.5. The van der Waals surface area contributed by atoms with Gasteiger partial charge in [-0.1, -0.05) is 49.6 Å². The summed E-state index contributed by atoms with van der Waals surface area (Å²) in [5.74, 6) is -2.12. The standard InChI is InChI=1S/C10H10.C4H7NO4/c1-3-9-7-5-6-8-10(9)4-2;6-3(7)1-5-2-4(8)9/h3-8H,1-2H2;5H,1-2H2,(H,6,7)(H,8,9). The predicted molar refractivity (Wildman–Crippen MR) is 74.8 cm³/mol. The lowest BCUT2D eigenvalue weighted by Gasteiger charge is -1.96. The van der Waals surface area contributed by atoms with Gasteiger partial charge in [-0.05, 0) is 11.1 Å². The van der Waals surface area contributed by atoms with Gasteiger partial charge in [-0.3, -0.25) is 14.9 Å². The summed E-state index contributed by atoms with van der Waals surface area (Å²) in [5, 5.41) is 18.1. The van der Waals surface area contributed by atoms with Crippen molar-refractivity contribution < 1.29 is 19.8 Å². The summed E-state index contributed by atoms with van der Waals surface area (Å²) in [6, 6.07) is 8.02. The Bertz CT molecular complexity index is 414. The number of nitrogens with one attached hydrogen (secondary N) is 1. The number of rotatable bonds is 6. The fourth-order valence-corrected chi connectivity index (χ4v) is 1.16. The van der Waals surface area contributed by atoms with E-state index < -0.39 is 11.9 Å². The molecule has 1 aromatic carbocycles. The van der Waals surface area contributed by atoms with Crippen molar-refractivity contribution >= 4 is 24.1 Å². The number of hydrogen-bond donors (Lipinski definition) is 3. The Hall–Kier alpha value is -2.40. The highest BCUT2D eigenvalue weighted by molar-refractivity contribution is 5.72. The van der Waals surface area contributed by atoms with Crippen LogP contribution in [0.5, 0.6) is 0 Å². The van der Waals surface area contributed by atoms with E-state index in [4.69, 9.17) is 10.2 Å². The van der Waals surface area contributed by atoms with Gasteiger partial charge in [-0.15, -0.1) is 0 Å². The Morgan fingerprint density at radius 1 is 1.00 bits per heavy atom. The molecule has 0 saturated carbocycles. The number of carboxylic acid groups (broad SMARTS) is 2. The molecular weight excluding hydrogens is 246 g/mol. The van der Waals surface area contributed by atoms with Crippen molar-refractivity contribution in [1.82, 2.24) is 5.32 Å². The molecular formula is C14H17NO4. The number of carboxylic acids is 2. The first-order valence-corrected chi connectivity index (χ1v) is 5.49. The lowest BCUT2D eigenvalue weighted by atomic mass is 10.1. The van der Waals surface area contributed by atoms with E-state index in [1.54, 1.807) is 0 Å². The number of carbonyl (C=O) groups is 2. The van der Waals surface area contributed by atoms with E-state index in [9.17, 15) is 9.59 Å². The summed E-state index contributed by atoms with van der Waals surface area (Å²) in [5.41, 5.74) is 2.27. The number of aliphatic carboxylic acids is 2. The highest BCUT2D eigenvalue weighted by Gasteiger charge is 1.97. The summed E-state index contributed by atoms with van der Waals surface area (Å²) in [6.45, 7) is 6.76. The fraction of sp³-hybridized carbons (Fsp3) is 0.143. The molecule has 0 saturated heterocycles. The molecule has 0 aliphatic rings. The molecule has 0 bridgehead atoms. The minimum absolute atomic E-state index is 0.313. The molecule has 5 heteroatoms. The van der Waals surface area contributed by atoms with Crippen molar-refractivity contribution in [3.05, 3.63) is 48.6 Å². The Kier molecular flexibility index (Phi) is 8.40. The van der Waals surface area contributed by atoms with E-state index in [2.05, 4.69) is 18.5 Å². The van der Waals surface area contributed by atoms with Crippen LogP contribution in [0, 0.1) is 0 Å². The van der Waals surface area contributed by atoms with E-state index in [1.807, 2.05) is 36.4 Å². The molecule has 0 spiro atoms. The van der Waals surface area contributed by atoms with Crippen LogP contribution in [0.15, 0.2) is 37.4 Å². The van der Waals surface area contributed by atoms with Gasteiger partial charge in [0.1, 0.15) is 0 Å². The van der Waals surface area contributed by atoms with E-state index in [-0.39, 0.29) is 13.1 Å². The molecule has 0 aliphatic heterocycles. The van der Waals surface area contributed by atoms with Crippen LogP contribution in [0.25, 0.3) is 12.2 Å². The van der Waals surface area contributed by atoms with Crippen LogP contribution < -0.4 is 5.32 Å². The number of benzene rings is 1. The largest absolute Gasteiger partial charge is 0.480 e. The molecule has 3 N–H and O–H groups in total. The average molecular weight is 263 g/mol. The predicted octanol–water partition coefficient (Wildman–Crippen LogP) is 1.72. The second-order valence-electron chi connectivity index (χ2n) is 3.43. The zero-order valence-electron chi connectivity index (χ0n) is 10.5. The highest BCUT2D eigenvalue weighted by Crippen LogP contribution is 2.10. The Labute approximate surface area is 111 Å². The monoisotopic (exact) mass is 263 g/mol. The SMILES string of the molecule is C=Cc1ccccc1C=C.O=C(O)CNCC(=O)O. The second-order valence-corrected chi connectivity index (χ2v) is 3.43. The van der Waals surface area contributed by atoms with Crippen LogP contribution in [0.2, 0.25) is 0 Å². The Balaban J connectivity index is 0.000000344. The summed E-state index contributed by atoms with van der Waals surface area (Å²) in [7, 11) is 0. The third-order valence-electron chi connectivity index (χ3n) is 1.99. The maximum atomic E-state index is 9.73. The molecule has 1 rings (SSSR count). The second kappa shape index (κ2) is 9.61. The third kappa shape index (κ3) is 8.34. The van der Waals surface area contributed by atoms with E-state index in [0.29, 0.717) is 0 Å². The molecule has 5 nitrogen and oxygen atoms in total. The molecule has 0 fully saturated rings. The lowest BCUT2D eigenvalue weighted by molar-refractivity contribution is -0.137. The van der Waals surface area contributed by atoms with E-state index in [0.717, 1.165) is 11.1 Å². The molecule has 19 heavy (non-hydrogen) atoms. The molecule has 0 unspecified atom stereocenters. The van der Waals surface area contributed by atoms with Gasteiger partial charge < -0.3 is 10.2 Å². The van der Waals surface area contributed by atoms with Crippen molar-refractivity contribution in [2.24, 2.45) is 0 Å². The van der Waals surface area contributed by atoms with Crippen LogP contribution in [-0.2, 0) is 9.59 Å². The lowest BCUT2D eigenvalue weighted by Crippen LogP contribution is -2.27. The normalized spacial score (nSPS) is 8.84. The van der Waals surface area contributed by atoms with Crippen LogP contribution >= 0.6 is 0 Å². The summed E-state index contributed by atoms with van der Waals surface area (Å²) in [6.07, 6.45) is 3.66. The molecule has 0 amide bonds. The average Bonchev–Trinajstić information content (AvgIpc) is 2.38. The molecule has 0 heterocycles. The van der Waals surface area contributed by atoms with Crippen molar-refractivity contribution in [1.29, 1.82) is 0 Å². The smallest absolute Gasteiger partial charge is 0.317 e. The summed E-state index contributed by atoms with van der Waals surface area (Å²) < 4.78 is 0. The molecule has 0 radical (unpaired) electrons. The van der Waals surface area contributed by atoms with Gasteiger partial charge >= 0.3 is 11.9 Å². The van der Waals surface area contributed by atoms with Gasteiger partial charge in [0.2, 0.25) is 0 Å². The maximum absolute atomic E-state index is 9.73. The van der Waals surface area contributed by atoms with Gasteiger partial charge in [0.25, 0.3) is 0 Å². The van der Waals surface area contributed by atoms with Crippen molar-refractivity contribution in [2.75, 3.05) is 13.1 Å². The topological polar surface area (TPSA) is 86.6 Å². The van der Waals surface area contributed by atoms with Crippen LogP contribution in [0.1, 0.15) is 11.1 Å². The van der Waals surface area contributed by atoms with Crippen LogP contribution in [0.4, 0.5) is 0 Å². The molecule has 0 atom stereocenters. The summed E-state index contributed by atoms with van der Waals surface area (Å²) >= 11 is 0. The molecule has 0 aliphatic carbocycles. The Morgan fingerprint density at radius 2 is 1.37 bits per heavy atom. The minimum Gasteiger partial charge on any atom is -0.480 e. The zero-order chi connectivity index (χ0) is 14.7. The van der Waals surface area contributed by atoms with Crippen LogP contribution in [-0.4, -0.2) is 35.2 Å². The van der Waals surface area contributed by atoms with Gasteiger partial charge in [-0.25, -0.2) is 0 Å². The van der Waals surface area contributed by atoms with E-state index in [1.165, 1.54) is 0 Å². The molecule has 102 valence electrons. The van der Waals surface area contributed by atoms with Gasteiger partial charge in [0.05, 0.1) is 13.1 Å². The fourth-order valence-electron chi connectivity index (χ4n) is 1.16. The van der Waals surface area contributed by atoms with Crippen molar-refractivity contribution in [2.45, 2.75) is 0 Å². The van der Waals surface area contributed by atoms with Gasteiger partial charge in [0, 0.05) is 0 Å². The first-order valence-electron chi connectivity index (χ1n) is 5.49. The van der Waals surface area contributed by atoms with Gasteiger partial charge in [-0.2, -0.15) is 0 Å². The maximum Gasteiger partial charge on any atom is 0.317 e. The van der Waals surface area contributed by atoms with E-state index >= 15 is 0 Å². The third-order valence-corrected chi connectivity index (χ3v) is 1.99. The van der Waals surface area contributed by atoms with Crippen molar-refractivity contribution in [3.8, 4) is 0 Å². The summed E-state index contributed by atoms with van der Waals surface area (Å²) in [4.78, 5) is 19.5. The Morgan fingerprint density at radius 3 is 1.63 bits per heavy atom. The van der Waals surface area contributed by atoms with Crippen LogP contribution in [0.3, 0.4) is 0 Å². The van der Waals surface area contributed by atoms with Crippen molar-refractivity contribution in [3.63, 3.8) is 0 Å². The van der Waals surface area contributed by atoms with Gasteiger partial charge in [0.15, 0.2) is 0 Å². The quantitative estimate of drug-likeness (QED) is 0.727.